The van der Waals surface area contributed by atoms with E-state index in [0.717, 1.165) is 0 Å². The number of nitrogens with zero attached hydrogens (tertiary/aromatic N) is 2. The quantitative estimate of drug-likeness (QED) is 0.368. The fourth-order valence-electron chi connectivity index (χ4n) is 1.61. The molecule has 2 unspecified atom stereocenters. The summed E-state index contributed by atoms with van der Waals surface area (Å²) in [4.78, 5) is 37.3. The Morgan fingerprint density at radius 1 is 1.52 bits per heavy atom. The number of carbonyl (C=O) groups excluding carboxylic acids is 1. The smallest absolute Gasteiger partial charge is 0.327 e. The Morgan fingerprint density at radius 2 is 2.14 bits per heavy atom. The summed E-state index contributed by atoms with van der Waals surface area (Å²) in [5.74, 6) is -4.42. The molecule has 8 nitrogen and oxygen atoms in total. The van der Waals surface area contributed by atoms with Crippen LogP contribution in [-0.4, -0.2) is 33.1 Å². The first-order valence-corrected chi connectivity index (χ1v) is 6.32. The molecule has 0 saturated carbocycles. The molecule has 114 valence electrons. The van der Waals surface area contributed by atoms with Gasteiger partial charge >= 0.3 is 11.9 Å². The lowest BCUT2D eigenvalue weighted by atomic mass is 10.0. The van der Waals surface area contributed by atoms with Crippen molar-refractivity contribution in [1.29, 1.82) is 0 Å². The van der Waals surface area contributed by atoms with Gasteiger partial charge in [-0.2, -0.15) is 0 Å². The summed E-state index contributed by atoms with van der Waals surface area (Å²) in [6, 6.07) is 1.18. The van der Waals surface area contributed by atoms with E-state index in [1.165, 1.54) is 12.3 Å². The lowest BCUT2D eigenvalue weighted by Crippen LogP contribution is -2.28. The van der Waals surface area contributed by atoms with Crippen LogP contribution in [-0.2, 0) is 14.3 Å². The summed E-state index contributed by atoms with van der Waals surface area (Å²) >= 11 is 0. The molecule has 0 radical (unpaired) electrons. The van der Waals surface area contributed by atoms with E-state index >= 15 is 0 Å². The lowest BCUT2D eigenvalue weighted by Gasteiger charge is -2.15. The zero-order chi connectivity index (χ0) is 16.2. The Morgan fingerprint density at radius 3 is 2.62 bits per heavy atom. The average Bonchev–Trinajstić information content (AvgIpc) is 2.39. The molecule has 0 aliphatic rings. The summed E-state index contributed by atoms with van der Waals surface area (Å²) in [5, 5.41) is 20.2. The Kier molecular flexibility index (Phi) is 5.34. The number of carbonyl (C=O) groups is 2. The van der Waals surface area contributed by atoms with E-state index in [4.69, 9.17) is 4.74 Å². The van der Waals surface area contributed by atoms with Gasteiger partial charge in [0.15, 0.2) is 0 Å². The van der Waals surface area contributed by atoms with Gasteiger partial charge in [-0.25, -0.2) is 0 Å². The van der Waals surface area contributed by atoms with Gasteiger partial charge in [0.05, 0.1) is 11.0 Å². The Balaban J connectivity index is 3.27. The van der Waals surface area contributed by atoms with Crippen molar-refractivity contribution in [1.82, 2.24) is 4.98 Å². The number of esters is 1. The maximum absolute atomic E-state index is 11.9. The van der Waals surface area contributed by atoms with E-state index in [1.54, 1.807) is 20.8 Å². The minimum atomic E-state index is -1.82. The molecular formula is C13H16N2O6. The highest BCUT2D eigenvalue weighted by atomic mass is 16.6. The molecule has 0 fully saturated rings. The highest BCUT2D eigenvalue weighted by Gasteiger charge is 2.37. The van der Waals surface area contributed by atoms with Gasteiger partial charge in [0.2, 0.25) is 5.92 Å². The van der Waals surface area contributed by atoms with Gasteiger partial charge in [0, 0.05) is 12.3 Å². The minimum Gasteiger partial charge on any atom is -0.480 e. The third-order valence-corrected chi connectivity index (χ3v) is 2.88. The number of nitro groups is 1. The fourth-order valence-corrected chi connectivity index (χ4v) is 1.61. The van der Waals surface area contributed by atoms with Gasteiger partial charge in [-0.05, 0) is 25.8 Å². The molecule has 0 spiro atoms. The van der Waals surface area contributed by atoms with Crippen LogP contribution in [0.15, 0.2) is 12.3 Å². The molecule has 21 heavy (non-hydrogen) atoms. The van der Waals surface area contributed by atoms with Crippen LogP contribution < -0.4 is 0 Å². The minimum absolute atomic E-state index is 0.425. The van der Waals surface area contributed by atoms with Crippen LogP contribution in [0.5, 0.6) is 0 Å². The molecule has 8 heteroatoms. The van der Waals surface area contributed by atoms with Crippen LogP contribution in [0.3, 0.4) is 0 Å². The van der Waals surface area contributed by atoms with E-state index in [1.807, 2.05) is 0 Å². The number of pyridine rings is 1. The summed E-state index contributed by atoms with van der Waals surface area (Å²) < 4.78 is 4.96. The zero-order valence-electron chi connectivity index (χ0n) is 11.9. The molecule has 0 aliphatic heterocycles. The van der Waals surface area contributed by atoms with Crippen molar-refractivity contribution in [2.75, 3.05) is 0 Å². The van der Waals surface area contributed by atoms with E-state index in [0.29, 0.717) is 12.0 Å². The second-order valence-corrected chi connectivity index (χ2v) is 4.60. The SMILES string of the molecule is CCC(C)OC(=O)C(C(=O)O)c1ncc(C)cc1[N+](=O)[O-]. The predicted octanol–water partition coefficient (Wildman–Crippen LogP) is 1.81. The van der Waals surface area contributed by atoms with Crippen molar-refractivity contribution < 1.29 is 24.4 Å². The molecule has 0 amide bonds. The van der Waals surface area contributed by atoms with Crippen molar-refractivity contribution in [2.24, 2.45) is 0 Å². The number of hydrogen-bond donors (Lipinski definition) is 1. The molecule has 1 rings (SSSR count). The molecule has 0 aliphatic carbocycles. The summed E-state index contributed by atoms with van der Waals surface area (Å²) in [5.41, 5.74) is -0.445. The Hall–Kier alpha value is -2.51. The van der Waals surface area contributed by atoms with Crippen LogP contribution in [0.25, 0.3) is 0 Å². The molecule has 0 bridgehead atoms. The van der Waals surface area contributed by atoms with Crippen LogP contribution in [0.1, 0.15) is 37.4 Å². The van der Waals surface area contributed by atoms with Crippen LogP contribution in [0.2, 0.25) is 0 Å². The predicted molar refractivity (Wildman–Crippen MR) is 71.9 cm³/mol. The molecule has 1 N–H and O–H groups in total. The van der Waals surface area contributed by atoms with Crippen LogP contribution in [0.4, 0.5) is 5.69 Å². The number of ether oxygens (including phenoxy) is 1. The second kappa shape index (κ2) is 6.78. The summed E-state index contributed by atoms with van der Waals surface area (Å²) in [6.07, 6.45) is 1.29. The number of hydrogen-bond acceptors (Lipinski definition) is 6. The number of aryl methyl sites for hydroxylation is 1. The fraction of sp³-hybridized carbons (Fsp3) is 0.462. The molecule has 1 aromatic rings. The monoisotopic (exact) mass is 296 g/mol. The van der Waals surface area contributed by atoms with Gasteiger partial charge in [0.25, 0.3) is 5.69 Å². The second-order valence-electron chi connectivity index (χ2n) is 4.60. The standard InChI is InChI=1S/C13H16N2O6/c1-4-8(3)21-13(18)10(12(16)17)11-9(15(19)20)5-7(2)6-14-11/h5-6,8,10H,4H2,1-3H3,(H,16,17). The summed E-state index contributed by atoms with van der Waals surface area (Å²) in [6.45, 7) is 4.95. The third-order valence-electron chi connectivity index (χ3n) is 2.88. The first-order chi connectivity index (χ1) is 9.77. The maximum Gasteiger partial charge on any atom is 0.327 e. The van der Waals surface area contributed by atoms with Crippen molar-refractivity contribution >= 4 is 17.6 Å². The lowest BCUT2D eigenvalue weighted by molar-refractivity contribution is -0.386. The number of aromatic nitrogens is 1. The van der Waals surface area contributed by atoms with E-state index in [9.17, 15) is 24.8 Å². The maximum atomic E-state index is 11.9. The average molecular weight is 296 g/mol. The Labute approximate surface area is 120 Å². The molecule has 1 heterocycles. The highest BCUT2D eigenvalue weighted by Crippen LogP contribution is 2.27. The number of rotatable bonds is 6. The molecule has 1 aromatic heterocycles. The van der Waals surface area contributed by atoms with Crippen molar-refractivity contribution in [2.45, 2.75) is 39.2 Å². The molecule has 0 saturated heterocycles. The zero-order valence-corrected chi connectivity index (χ0v) is 11.9. The van der Waals surface area contributed by atoms with Gasteiger partial charge in [0.1, 0.15) is 5.69 Å². The first-order valence-electron chi connectivity index (χ1n) is 6.32. The topological polar surface area (TPSA) is 120 Å². The van der Waals surface area contributed by atoms with Gasteiger partial charge < -0.3 is 9.84 Å². The number of aliphatic carboxylic acids is 1. The first kappa shape index (κ1) is 16.5. The van der Waals surface area contributed by atoms with Crippen molar-refractivity contribution in [3.63, 3.8) is 0 Å². The molecular weight excluding hydrogens is 280 g/mol. The molecule has 2 atom stereocenters. The third kappa shape index (κ3) is 3.98. The van der Waals surface area contributed by atoms with Gasteiger partial charge in [-0.15, -0.1) is 0 Å². The van der Waals surface area contributed by atoms with Gasteiger partial charge in [-0.3, -0.25) is 24.7 Å². The normalized spacial score (nSPS) is 13.3. The van der Waals surface area contributed by atoms with Crippen LogP contribution >= 0.6 is 0 Å². The number of carboxylic acids is 1. The van der Waals surface area contributed by atoms with Gasteiger partial charge in [-0.1, -0.05) is 6.92 Å². The highest BCUT2D eigenvalue weighted by molar-refractivity contribution is 6.00. The van der Waals surface area contributed by atoms with Crippen molar-refractivity contribution in [3.8, 4) is 0 Å². The van der Waals surface area contributed by atoms with Crippen molar-refractivity contribution in [3.05, 3.63) is 33.6 Å². The Bertz CT molecular complexity index is 572. The van der Waals surface area contributed by atoms with E-state index in [-0.39, 0.29) is 0 Å². The van der Waals surface area contributed by atoms with E-state index in [2.05, 4.69) is 4.98 Å². The van der Waals surface area contributed by atoms with Crippen LogP contribution in [0, 0.1) is 17.0 Å². The van der Waals surface area contributed by atoms with E-state index < -0.39 is 40.3 Å². The summed E-state index contributed by atoms with van der Waals surface area (Å²) in [7, 11) is 0. The molecule has 0 aromatic carbocycles. The largest absolute Gasteiger partial charge is 0.480 e. The number of carboxylic acid groups (broad SMARTS) is 1.